The maximum atomic E-state index is 13.4. The van der Waals surface area contributed by atoms with Crippen molar-refractivity contribution < 1.29 is 23.9 Å². The Kier molecular flexibility index (Phi) is 6.87. The SMILES string of the molecule is O=C(NO)[C@H]1C[C@H](Oc2cccc(F)c2)CN[C@@H]1C(=O)N1CCN(c2ccccc2)CC1. The molecule has 0 radical (unpaired) electrons. The Hall–Kier alpha value is -3.17. The summed E-state index contributed by atoms with van der Waals surface area (Å²) in [5.41, 5.74) is 2.79. The maximum absolute atomic E-state index is 13.4. The topological polar surface area (TPSA) is 94.1 Å². The molecule has 2 aliphatic rings. The number of hydroxylamine groups is 1. The van der Waals surface area contributed by atoms with Crippen molar-refractivity contribution in [1.82, 2.24) is 15.7 Å². The molecule has 0 spiro atoms. The number of hydrogen-bond donors (Lipinski definition) is 3. The average Bonchev–Trinajstić information content (AvgIpc) is 2.84. The number of halogens is 1. The van der Waals surface area contributed by atoms with E-state index in [9.17, 15) is 19.2 Å². The van der Waals surface area contributed by atoms with Crippen molar-refractivity contribution in [1.29, 1.82) is 0 Å². The molecule has 2 saturated heterocycles. The Morgan fingerprint density at radius 3 is 2.50 bits per heavy atom. The van der Waals surface area contributed by atoms with Gasteiger partial charge < -0.3 is 19.9 Å². The lowest BCUT2D eigenvalue weighted by Gasteiger charge is -2.41. The highest BCUT2D eigenvalue weighted by Gasteiger charge is 2.42. The third kappa shape index (κ3) is 5.00. The molecule has 0 bridgehead atoms. The number of ether oxygens (including phenoxy) is 1. The van der Waals surface area contributed by atoms with Crippen LogP contribution >= 0.6 is 0 Å². The molecule has 3 N–H and O–H groups in total. The van der Waals surface area contributed by atoms with Crippen molar-refractivity contribution in [3.8, 4) is 5.75 Å². The van der Waals surface area contributed by atoms with Gasteiger partial charge in [0.1, 0.15) is 17.7 Å². The Bertz CT molecular complexity index is 937. The van der Waals surface area contributed by atoms with Gasteiger partial charge in [0.2, 0.25) is 11.8 Å². The molecule has 4 rings (SSSR count). The second-order valence-corrected chi connectivity index (χ2v) is 8.05. The summed E-state index contributed by atoms with van der Waals surface area (Å²) in [6, 6.07) is 15.0. The van der Waals surface area contributed by atoms with Crippen LogP contribution in [-0.2, 0) is 9.59 Å². The molecule has 2 aliphatic heterocycles. The van der Waals surface area contributed by atoms with E-state index in [-0.39, 0.29) is 12.3 Å². The van der Waals surface area contributed by atoms with Crippen molar-refractivity contribution in [2.24, 2.45) is 5.92 Å². The fraction of sp³-hybridized carbons (Fsp3) is 0.391. The average molecular weight is 442 g/mol. The molecule has 170 valence electrons. The summed E-state index contributed by atoms with van der Waals surface area (Å²) in [5.74, 6) is -1.70. The number of anilines is 1. The third-order valence-electron chi connectivity index (χ3n) is 6.01. The highest BCUT2D eigenvalue weighted by molar-refractivity contribution is 5.90. The first kappa shape index (κ1) is 22.0. The molecule has 0 unspecified atom stereocenters. The van der Waals surface area contributed by atoms with E-state index in [0.29, 0.717) is 38.5 Å². The quantitative estimate of drug-likeness (QED) is 0.479. The molecular weight excluding hydrogens is 415 g/mol. The molecule has 2 heterocycles. The minimum atomic E-state index is -0.813. The standard InChI is InChI=1S/C23H27FN4O4/c24-16-5-4-8-18(13-16)32-19-14-20(22(29)26-31)21(25-15-19)23(30)28-11-9-27(10-12-28)17-6-2-1-3-7-17/h1-8,13,19-21,25,31H,9-12,14-15H2,(H,26,29)/t19-,20-,21-/m0/s1. The van der Waals surface area contributed by atoms with Crippen LogP contribution in [0, 0.1) is 11.7 Å². The number of nitrogens with zero attached hydrogens (tertiary/aromatic N) is 2. The highest BCUT2D eigenvalue weighted by atomic mass is 19.1. The predicted molar refractivity (Wildman–Crippen MR) is 116 cm³/mol. The van der Waals surface area contributed by atoms with Gasteiger partial charge in [0, 0.05) is 44.5 Å². The van der Waals surface area contributed by atoms with Crippen LogP contribution in [0.3, 0.4) is 0 Å². The number of benzene rings is 2. The van der Waals surface area contributed by atoms with E-state index in [4.69, 9.17) is 4.74 Å². The molecule has 0 aliphatic carbocycles. The number of para-hydroxylation sites is 1. The Labute approximate surface area is 185 Å². The number of hydrogen-bond acceptors (Lipinski definition) is 6. The van der Waals surface area contributed by atoms with E-state index in [1.807, 2.05) is 30.3 Å². The zero-order valence-electron chi connectivity index (χ0n) is 17.6. The Balaban J connectivity index is 1.39. The van der Waals surface area contributed by atoms with Crippen LogP contribution in [0.25, 0.3) is 0 Å². The first-order chi connectivity index (χ1) is 15.5. The van der Waals surface area contributed by atoms with E-state index < -0.39 is 29.8 Å². The first-order valence-corrected chi connectivity index (χ1v) is 10.7. The molecule has 9 heteroatoms. The van der Waals surface area contributed by atoms with Crippen molar-refractivity contribution in [3.05, 3.63) is 60.4 Å². The smallest absolute Gasteiger partial charge is 0.248 e. The van der Waals surface area contributed by atoms with Gasteiger partial charge in [0.05, 0.1) is 12.0 Å². The summed E-state index contributed by atoms with van der Waals surface area (Å²) in [4.78, 5) is 29.6. The van der Waals surface area contributed by atoms with Crippen LogP contribution < -0.4 is 20.4 Å². The van der Waals surface area contributed by atoms with Gasteiger partial charge in [-0.15, -0.1) is 0 Å². The van der Waals surface area contributed by atoms with E-state index in [1.165, 1.54) is 12.1 Å². The normalized spacial score (nSPS) is 23.5. The molecule has 2 amide bonds. The van der Waals surface area contributed by atoms with E-state index in [0.717, 1.165) is 5.69 Å². The lowest BCUT2D eigenvalue weighted by Crippen LogP contribution is -2.62. The lowest BCUT2D eigenvalue weighted by molar-refractivity contribution is -0.145. The second-order valence-electron chi connectivity index (χ2n) is 8.05. The van der Waals surface area contributed by atoms with Crippen molar-refractivity contribution in [2.75, 3.05) is 37.6 Å². The minimum Gasteiger partial charge on any atom is -0.489 e. The second kappa shape index (κ2) is 9.97. The zero-order valence-corrected chi connectivity index (χ0v) is 17.6. The molecule has 3 atom stereocenters. The van der Waals surface area contributed by atoms with E-state index >= 15 is 0 Å². The predicted octanol–water partition coefficient (Wildman–Crippen LogP) is 1.41. The number of piperidine rings is 1. The molecular formula is C23H27FN4O4. The van der Waals surface area contributed by atoms with Crippen LogP contribution in [0.5, 0.6) is 5.75 Å². The van der Waals surface area contributed by atoms with Gasteiger partial charge in [-0.05, 0) is 30.7 Å². The largest absolute Gasteiger partial charge is 0.489 e. The molecule has 2 aromatic carbocycles. The number of carbonyl (C=O) groups excluding carboxylic acids is 2. The summed E-state index contributed by atoms with van der Waals surface area (Å²) < 4.78 is 19.2. The van der Waals surface area contributed by atoms with Gasteiger partial charge in [-0.2, -0.15) is 0 Å². The van der Waals surface area contributed by atoms with Crippen LogP contribution in [0.2, 0.25) is 0 Å². The van der Waals surface area contributed by atoms with E-state index in [2.05, 4.69) is 10.2 Å². The van der Waals surface area contributed by atoms with Gasteiger partial charge in [-0.1, -0.05) is 24.3 Å². The van der Waals surface area contributed by atoms with Crippen molar-refractivity contribution >= 4 is 17.5 Å². The molecule has 32 heavy (non-hydrogen) atoms. The molecule has 0 saturated carbocycles. The van der Waals surface area contributed by atoms with E-state index in [1.54, 1.807) is 22.5 Å². The summed E-state index contributed by atoms with van der Waals surface area (Å²) >= 11 is 0. The number of carbonyl (C=O) groups is 2. The number of amides is 2. The lowest BCUT2D eigenvalue weighted by atomic mass is 9.87. The number of nitrogens with one attached hydrogen (secondary N) is 2. The maximum Gasteiger partial charge on any atom is 0.248 e. The zero-order chi connectivity index (χ0) is 22.5. The summed E-state index contributed by atoms with van der Waals surface area (Å²) in [5, 5.41) is 12.3. The van der Waals surface area contributed by atoms with Gasteiger partial charge in [-0.25, -0.2) is 9.87 Å². The summed E-state index contributed by atoms with van der Waals surface area (Å²) in [6.07, 6.45) is -0.228. The number of rotatable bonds is 5. The molecule has 2 aromatic rings. The fourth-order valence-electron chi connectivity index (χ4n) is 4.35. The Morgan fingerprint density at radius 1 is 1.06 bits per heavy atom. The molecule has 8 nitrogen and oxygen atoms in total. The van der Waals surface area contributed by atoms with Crippen molar-refractivity contribution in [2.45, 2.75) is 18.6 Å². The molecule has 2 fully saturated rings. The monoisotopic (exact) mass is 442 g/mol. The molecule has 0 aromatic heterocycles. The van der Waals surface area contributed by atoms with Crippen molar-refractivity contribution in [3.63, 3.8) is 0 Å². The number of piperazine rings is 1. The van der Waals surface area contributed by atoms with Crippen LogP contribution in [-0.4, -0.2) is 66.8 Å². The third-order valence-corrected chi connectivity index (χ3v) is 6.01. The minimum absolute atomic E-state index is 0.171. The Morgan fingerprint density at radius 2 is 1.81 bits per heavy atom. The van der Waals surface area contributed by atoms with Crippen LogP contribution in [0.4, 0.5) is 10.1 Å². The van der Waals surface area contributed by atoms with Crippen LogP contribution in [0.1, 0.15) is 6.42 Å². The van der Waals surface area contributed by atoms with Gasteiger partial charge in [0.25, 0.3) is 0 Å². The van der Waals surface area contributed by atoms with Gasteiger partial charge in [-0.3, -0.25) is 14.8 Å². The summed E-state index contributed by atoms with van der Waals surface area (Å²) in [6.45, 7) is 2.81. The van der Waals surface area contributed by atoms with Crippen LogP contribution in [0.15, 0.2) is 54.6 Å². The highest BCUT2D eigenvalue weighted by Crippen LogP contribution is 2.24. The van der Waals surface area contributed by atoms with Gasteiger partial charge in [0.15, 0.2) is 0 Å². The summed E-state index contributed by atoms with van der Waals surface area (Å²) in [7, 11) is 0. The first-order valence-electron chi connectivity index (χ1n) is 10.7. The van der Waals surface area contributed by atoms with Gasteiger partial charge >= 0.3 is 0 Å². The fourth-order valence-corrected chi connectivity index (χ4v) is 4.35.